The van der Waals surface area contributed by atoms with E-state index in [0.717, 1.165) is 29.2 Å². The van der Waals surface area contributed by atoms with Gasteiger partial charge in [-0.1, -0.05) is 36.4 Å². The first-order chi connectivity index (χ1) is 10.1. The Kier molecular flexibility index (Phi) is 5.04. The Hall–Kier alpha value is -2.22. The molecule has 2 heteroatoms. The summed E-state index contributed by atoms with van der Waals surface area (Å²) < 4.78 is 0. The van der Waals surface area contributed by atoms with Gasteiger partial charge in [0.1, 0.15) is 0 Å². The number of aryl methyl sites for hydroxylation is 2. The molecule has 0 aliphatic rings. The third kappa shape index (κ3) is 4.38. The Balaban J connectivity index is 2.14. The van der Waals surface area contributed by atoms with Crippen molar-refractivity contribution in [3.8, 4) is 0 Å². The van der Waals surface area contributed by atoms with E-state index < -0.39 is 0 Å². The molecule has 0 radical (unpaired) electrons. The van der Waals surface area contributed by atoms with E-state index in [2.05, 4.69) is 39.8 Å². The van der Waals surface area contributed by atoms with Crippen molar-refractivity contribution in [2.45, 2.75) is 34.1 Å². The summed E-state index contributed by atoms with van der Waals surface area (Å²) in [5.74, 6) is 0. The highest BCUT2D eigenvalue weighted by molar-refractivity contribution is 6.04. The van der Waals surface area contributed by atoms with E-state index in [4.69, 9.17) is 9.98 Å². The summed E-state index contributed by atoms with van der Waals surface area (Å²) in [5, 5.41) is 0. The van der Waals surface area contributed by atoms with E-state index in [9.17, 15) is 0 Å². The van der Waals surface area contributed by atoms with Crippen LogP contribution in [0.15, 0.2) is 58.5 Å². The van der Waals surface area contributed by atoms with Crippen molar-refractivity contribution in [2.24, 2.45) is 9.98 Å². The van der Waals surface area contributed by atoms with Gasteiger partial charge in [-0.2, -0.15) is 0 Å². The second-order valence-corrected chi connectivity index (χ2v) is 5.44. The van der Waals surface area contributed by atoms with E-state index in [1.807, 2.05) is 36.4 Å². The van der Waals surface area contributed by atoms with Crippen molar-refractivity contribution in [2.75, 3.05) is 0 Å². The molecule has 0 heterocycles. The van der Waals surface area contributed by atoms with Crippen molar-refractivity contribution >= 4 is 22.8 Å². The van der Waals surface area contributed by atoms with Crippen LogP contribution in [-0.2, 0) is 0 Å². The molecule has 0 bridgehead atoms. The van der Waals surface area contributed by atoms with Crippen molar-refractivity contribution in [1.29, 1.82) is 0 Å². The number of para-hydroxylation sites is 2. The Morgan fingerprint density at radius 1 is 0.714 bits per heavy atom. The summed E-state index contributed by atoms with van der Waals surface area (Å²) in [4.78, 5) is 9.40. The predicted molar refractivity (Wildman–Crippen MR) is 92.5 cm³/mol. The van der Waals surface area contributed by atoms with Crippen LogP contribution < -0.4 is 0 Å². The number of hydrogen-bond donors (Lipinski definition) is 0. The largest absolute Gasteiger partial charge is 0.257 e. The van der Waals surface area contributed by atoms with Crippen LogP contribution in [0.25, 0.3) is 0 Å². The summed E-state index contributed by atoms with van der Waals surface area (Å²) in [7, 11) is 0. The molecule has 21 heavy (non-hydrogen) atoms. The average molecular weight is 278 g/mol. The molecule has 0 atom stereocenters. The van der Waals surface area contributed by atoms with Crippen LogP contribution >= 0.6 is 0 Å². The molecule has 0 saturated heterocycles. The first-order valence-corrected chi connectivity index (χ1v) is 7.26. The summed E-state index contributed by atoms with van der Waals surface area (Å²) in [6, 6.07) is 16.4. The van der Waals surface area contributed by atoms with Crippen LogP contribution in [0.2, 0.25) is 0 Å². The zero-order valence-corrected chi connectivity index (χ0v) is 13.2. The van der Waals surface area contributed by atoms with Gasteiger partial charge in [-0.15, -0.1) is 0 Å². The molecule has 0 unspecified atom stereocenters. The highest BCUT2D eigenvalue weighted by atomic mass is 14.8. The van der Waals surface area contributed by atoms with Gasteiger partial charge in [0.05, 0.1) is 11.4 Å². The summed E-state index contributed by atoms with van der Waals surface area (Å²) in [5.41, 5.74) is 6.64. The van der Waals surface area contributed by atoms with Gasteiger partial charge in [0, 0.05) is 17.8 Å². The minimum atomic E-state index is 0.794. The molecule has 2 nitrogen and oxygen atoms in total. The van der Waals surface area contributed by atoms with E-state index in [1.165, 1.54) is 11.1 Å². The van der Waals surface area contributed by atoms with E-state index >= 15 is 0 Å². The Morgan fingerprint density at radius 3 is 1.48 bits per heavy atom. The van der Waals surface area contributed by atoms with Gasteiger partial charge in [0.25, 0.3) is 0 Å². The molecule has 0 saturated carbocycles. The molecule has 2 rings (SSSR count). The molecule has 0 N–H and O–H groups in total. The Labute approximate surface area is 127 Å². The smallest absolute Gasteiger partial charge is 0.0658 e. The fraction of sp³-hybridized carbons (Fsp3) is 0.263. The van der Waals surface area contributed by atoms with Gasteiger partial charge in [-0.25, -0.2) is 0 Å². The van der Waals surface area contributed by atoms with Crippen molar-refractivity contribution in [1.82, 2.24) is 0 Å². The first-order valence-electron chi connectivity index (χ1n) is 7.26. The molecule has 0 amide bonds. The second-order valence-electron chi connectivity index (χ2n) is 5.44. The fourth-order valence-corrected chi connectivity index (χ4v) is 2.24. The topological polar surface area (TPSA) is 24.7 Å². The lowest BCUT2D eigenvalue weighted by Crippen LogP contribution is -2.00. The summed E-state index contributed by atoms with van der Waals surface area (Å²) >= 11 is 0. The molecular formula is C19H22N2. The minimum absolute atomic E-state index is 0.794. The van der Waals surface area contributed by atoms with Gasteiger partial charge in [0.2, 0.25) is 0 Å². The predicted octanol–water partition coefficient (Wildman–Crippen LogP) is 5.58. The van der Waals surface area contributed by atoms with Gasteiger partial charge in [0.15, 0.2) is 0 Å². The number of benzene rings is 2. The quantitative estimate of drug-likeness (QED) is 0.652. The monoisotopic (exact) mass is 278 g/mol. The second kappa shape index (κ2) is 6.98. The zero-order valence-electron chi connectivity index (χ0n) is 13.2. The van der Waals surface area contributed by atoms with Crippen LogP contribution in [-0.4, -0.2) is 11.4 Å². The lowest BCUT2D eigenvalue weighted by atomic mass is 10.1. The number of nitrogens with zero attached hydrogens (tertiary/aromatic N) is 2. The van der Waals surface area contributed by atoms with Crippen LogP contribution in [0.1, 0.15) is 31.4 Å². The van der Waals surface area contributed by atoms with Crippen LogP contribution in [0, 0.1) is 13.8 Å². The molecule has 0 aliphatic carbocycles. The van der Waals surface area contributed by atoms with Gasteiger partial charge in [-0.3, -0.25) is 9.98 Å². The maximum atomic E-state index is 4.70. The van der Waals surface area contributed by atoms with Crippen molar-refractivity contribution in [3.05, 3.63) is 59.7 Å². The number of aliphatic imine (C=N–C) groups is 2. The molecule has 0 aliphatic heterocycles. The highest BCUT2D eigenvalue weighted by Crippen LogP contribution is 2.20. The lowest BCUT2D eigenvalue weighted by Gasteiger charge is -2.05. The maximum Gasteiger partial charge on any atom is 0.0658 e. The first kappa shape index (κ1) is 15.2. The van der Waals surface area contributed by atoms with E-state index in [0.29, 0.717) is 0 Å². The Bertz CT molecular complexity index is 622. The normalized spacial score (nSPS) is 12.6. The molecule has 0 spiro atoms. The summed E-state index contributed by atoms with van der Waals surface area (Å²) in [6.07, 6.45) is 0.794. The lowest BCUT2D eigenvalue weighted by molar-refractivity contribution is 1.33. The molecule has 0 fully saturated rings. The third-order valence-electron chi connectivity index (χ3n) is 3.37. The molecule has 2 aromatic rings. The standard InChI is InChI=1S/C19H22N2/c1-14-9-5-7-11-18(14)20-16(3)13-17(4)21-19-12-8-6-10-15(19)2/h5-12H,13H2,1-4H3. The van der Waals surface area contributed by atoms with Gasteiger partial charge < -0.3 is 0 Å². The van der Waals surface area contributed by atoms with E-state index in [-0.39, 0.29) is 0 Å². The number of hydrogen-bond acceptors (Lipinski definition) is 2. The molecule has 2 aromatic carbocycles. The van der Waals surface area contributed by atoms with Crippen molar-refractivity contribution in [3.63, 3.8) is 0 Å². The third-order valence-corrected chi connectivity index (χ3v) is 3.37. The molecular weight excluding hydrogens is 256 g/mol. The van der Waals surface area contributed by atoms with Crippen LogP contribution in [0.3, 0.4) is 0 Å². The summed E-state index contributed by atoms with van der Waals surface area (Å²) in [6.45, 7) is 8.29. The van der Waals surface area contributed by atoms with E-state index in [1.54, 1.807) is 0 Å². The fourth-order valence-electron chi connectivity index (χ4n) is 2.24. The van der Waals surface area contributed by atoms with Crippen LogP contribution in [0.5, 0.6) is 0 Å². The minimum Gasteiger partial charge on any atom is -0.257 e. The van der Waals surface area contributed by atoms with Crippen molar-refractivity contribution < 1.29 is 0 Å². The molecule has 0 aromatic heterocycles. The van der Waals surface area contributed by atoms with Gasteiger partial charge >= 0.3 is 0 Å². The van der Waals surface area contributed by atoms with Gasteiger partial charge in [-0.05, 0) is 51.0 Å². The van der Waals surface area contributed by atoms with Crippen LogP contribution in [0.4, 0.5) is 11.4 Å². The SMILES string of the molecule is CC(CC(C)=Nc1ccccc1C)=Nc1ccccc1C. The number of rotatable bonds is 4. The Morgan fingerprint density at radius 2 is 1.10 bits per heavy atom. The average Bonchev–Trinajstić information content (AvgIpc) is 2.44. The molecule has 108 valence electrons. The highest BCUT2D eigenvalue weighted by Gasteiger charge is 2.01. The zero-order chi connectivity index (χ0) is 15.2. The maximum absolute atomic E-state index is 4.70.